The number of hydrogen-bond acceptors (Lipinski definition) is 9. The highest BCUT2D eigenvalue weighted by atomic mass is 32.1. The predicted molar refractivity (Wildman–Crippen MR) is 119 cm³/mol. The number of carbonyl (C=O) groups is 3. The highest BCUT2D eigenvalue weighted by Gasteiger charge is 2.28. The van der Waals surface area contributed by atoms with Crippen molar-refractivity contribution >= 4 is 45.6 Å². The van der Waals surface area contributed by atoms with Gasteiger partial charge in [0.1, 0.15) is 15.6 Å². The minimum absolute atomic E-state index is 0.0498. The summed E-state index contributed by atoms with van der Waals surface area (Å²) >= 11 is 0.881. The van der Waals surface area contributed by atoms with Crippen LogP contribution in [0.3, 0.4) is 0 Å². The maximum atomic E-state index is 12.9. The van der Waals surface area contributed by atoms with Crippen LogP contribution in [0.25, 0.3) is 0 Å². The van der Waals surface area contributed by atoms with E-state index in [1.807, 2.05) is 4.90 Å². The summed E-state index contributed by atoms with van der Waals surface area (Å²) in [4.78, 5) is 50.6. The van der Waals surface area contributed by atoms with E-state index in [0.29, 0.717) is 11.3 Å². The Labute approximate surface area is 188 Å². The van der Waals surface area contributed by atoms with Crippen LogP contribution in [0.4, 0.5) is 16.4 Å². The van der Waals surface area contributed by atoms with E-state index in [1.54, 1.807) is 19.9 Å². The maximum absolute atomic E-state index is 12.9. The van der Waals surface area contributed by atoms with Gasteiger partial charge < -0.3 is 19.7 Å². The van der Waals surface area contributed by atoms with E-state index in [1.165, 1.54) is 19.2 Å². The van der Waals surface area contributed by atoms with E-state index in [-0.39, 0.29) is 33.3 Å². The van der Waals surface area contributed by atoms with Crippen molar-refractivity contribution < 1.29 is 28.8 Å². The topological polar surface area (TPSA) is 128 Å². The Bertz CT molecular complexity index is 1070. The molecule has 1 aromatic heterocycles. The van der Waals surface area contributed by atoms with Crippen LogP contribution in [-0.2, 0) is 9.47 Å². The summed E-state index contributed by atoms with van der Waals surface area (Å²) in [6.45, 7) is 4.75. The molecule has 1 aliphatic rings. The van der Waals surface area contributed by atoms with Crippen molar-refractivity contribution in [3.63, 3.8) is 0 Å². The van der Waals surface area contributed by atoms with Gasteiger partial charge in [-0.25, -0.2) is 9.59 Å². The van der Waals surface area contributed by atoms with Crippen molar-refractivity contribution in [2.24, 2.45) is 0 Å². The van der Waals surface area contributed by atoms with Crippen molar-refractivity contribution in [3.05, 3.63) is 49.9 Å². The van der Waals surface area contributed by atoms with Crippen molar-refractivity contribution in [3.8, 4) is 0 Å². The second-order valence-electron chi connectivity index (χ2n) is 7.08. The number of anilines is 2. The normalized spacial score (nSPS) is 13.0. The van der Waals surface area contributed by atoms with Gasteiger partial charge in [-0.3, -0.25) is 14.9 Å². The molecule has 2 heterocycles. The summed E-state index contributed by atoms with van der Waals surface area (Å²) in [6, 6.07) is 4.28. The largest absolute Gasteiger partial charge is 0.465 e. The molecule has 32 heavy (non-hydrogen) atoms. The quantitative estimate of drug-likeness (QED) is 0.375. The molecule has 1 aromatic carbocycles. The number of benzene rings is 1. The molecule has 1 aliphatic heterocycles. The van der Waals surface area contributed by atoms with Gasteiger partial charge in [0.15, 0.2) is 0 Å². The smallest absolute Gasteiger partial charge is 0.348 e. The molecule has 170 valence electrons. The van der Waals surface area contributed by atoms with Gasteiger partial charge in [0.2, 0.25) is 0 Å². The van der Waals surface area contributed by atoms with E-state index in [4.69, 9.17) is 9.47 Å². The zero-order valence-electron chi connectivity index (χ0n) is 17.9. The van der Waals surface area contributed by atoms with Crippen LogP contribution in [0.2, 0.25) is 0 Å². The summed E-state index contributed by atoms with van der Waals surface area (Å²) in [5.74, 6) is -1.99. The van der Waals surface area contributed by atoms with Gasteiger partial charge in [-0.2, -0.15) is 0 Å². The van der Waals surface area contributed by atoms with Crippen LogP contribution in [0.15, 0.2) is 18.2 Å². The number of amides is 1. The number of nitro groups is 1. The van der Waals surface area contributed by atoms with Gasteiger partial charge >= 0.3 is 11.9 Å². The third-order valence-corrected chi connectivity index (χ3v) is 6.29. The Morgan fingerprint density at radius 2 is 1.91 bits per heavy atom. The molecule has 1 N–H and O–H groups in total. The Hall–Kier alpha value is -3.47. The summed E-state index contributed by atoms with van der Waals surface area (Å²) in [5.41, 5.74) is 0.735. The van der Waals surface area contributed by atoms with Crippen molar-refractivity contribution in [1.29, 1.82) is 0 Å². The summed E-state index contributed by atoms with van der Waals surface area (Å²) < 4.78 is 9.80. The maximum Gasteiger partial charge on any atom is 0.348 e. The number of nitrogens with zero attached hydrogens (tertiary/aromatic N) is 2. The lowest BCUT2D eigenvalue weighted by Gasteiger charge is -2.17. The second kappa shape index (κ2) is 9.77. The predicted octanol–water partition coefficient (Wildman–Crippen LogP) is 3.78. The lowest BCUT2D eigenvalue weighted by atomic mass is 10.1. The fourth-order valence-corrected chi connectivity index (χ4v) is 4.66. The number of nitro benzene ring substituents is 1. The Balaban J connectivity index is 1.96. The van der Waals surface area contributed by atoms with Crippen LogP contribution in [0.5, 0.6) is 0 Å². The molecule has 1 amide bonds. The zero-order chi connectivity index (χ0) is 23.4. The van der Waals surface area contributed by atoms with Gasteiger partial charge in [0, 0.05) is 24.7 Å². The van der Waals surface area contributed by atoms with Crippen LogP contribution < -0.4 is 10.2 Å². The number of esters is 2. The Kier molecular flexibility index (Phi) is 7.08. The molecule has 3 rings (SSSR count). The average molecular weight is 461 g/mol. The molecule has 2 aromatic rings. The molecule has 0 radical (unpaired) electrons. The first-order valence-electron chi connectivity index (χ1n) is 10.0. The number of hydrogen-bond donors (Lipinski definition) is 1. The van der Waals surface area contributed by atoms with Crippen LogP contribution in [0, 0.1) is 17.0 Å². The molecular weight excluding hydrogens is 438 g/mol. The fourth-order valence-electron chi connectivity index (χ4n) is 3.55. The molecule has 0 saturated carbocycles. The summed E-state index contributed by atoms with van der Waals surface area (Å²) in [5, 5.41) is 14.3. The highest BCUT2D eigenvalue weighted by Crippen LogP contribution is 2.36. The number of ether oxygens (including phenoxy) is 2. The minimum Gasteiger partial charge on any atom is -0.465 e. The molecule has 0 bridgehead atoms. The van der Waals surface area contributed by atoms with Gasteiger partial charge in [-0.05, 0) is 44.4 Å². The molecule has 0 aliphatic carbocycles. The lowest BCUT2D eigenvalue weighted by Crippen LogP contribution is -2.20. The summed E-state index contributed by atoms with van der Waals surface area (Å²) in [6.07, 6.45) is 1.91. The van der Waals surface area contributed by atoms with Crippen molar-refractivity contribution in [2.75, 3.05) is 37.0 Å². The molecule has 11 heteroatoms. The van der Waals surface area contributed by atoms with Crippen LogP contribution >= 0.6 is 11.3 Å². The molecule has 1 saturated heterocycles. The van der Waals surface area contributed by atoms with E-state index in [0.717, 1.165) is 37.3 Å². The lowest BCUT2D eigenvalue weighted by molar-refractivity contribution is -0.384. The average Bonchev–Trinajstić information content (AvgIpc) is 3.41. The molecule has 10 nitrogen and oxygen atoms in total. The second-order valence-corrected chi connectivity index (χ2v) is 8.10. The summed E-state index contributed by atoms with van der Waals surface area (Å²) in [7, 11) is 1.21. The minimum atomic E-state index is -0.693. The van der Waals surface area contributed by atoms with E-state index < -0.39 is 22.8 Å². The third-order valence-electron chi connectivity index (χ3n) is 5.11. The van der Waals surface area contributed by atoms with E-state index in [9.17, 15) is 24.5 Å². The zero-order valence-corrected chi connectivity index (χ0v) is 18.7. The van der Waals surface area contributed by atoms with Crippen LogP contribution in [-0.4, -0.2) is 49.6 Å². The molecule has 0 atom stereocenters. The molecule has 1 fully saturated rings. The molecule has 0 spiro atoms. The van der Waals surface area contributed by atoms with Crippen molar-refractivity contribution in [2.45, 2.75) is 26.7 Å². The van der Waals surface area contributed by atoms with E-state index in [2.05, 4.69) is 5.32 Å². The van der Waals surface area contributed by atoms with Gasteiger partial charge in [-0.15, -0.1) is 11.3 Å². The first kappa shape index (κ1) is 23.2. The first-order chi connectivity index (χ1) is 15.3. The van der Waals surface area contributed by atoms with Gasteiger partial charge in [0.05, 0.1) is 24.2 Å². The number of thiophene rings is 1. The SMILES string of the molecule is CCOC(=O)c1c(NC(=O)c2ccc(N3CCCC3)c([N+](=O)[O-])c2)sc(C(=O)OC)c1C. The number of methoxy groups -OCH3 is 1. The molecular formula is C21H23N3O7S. The van der Waals surface area contributed by atoms with Crippen molar-refractivity contribution in [1.82, 2.24) is 0 Å². The Morgan fingerprint density at radius 1 is 1.22 bits per heavy atom. The monoisotopic (exact) mass is 461 g/mol. The highest BCUT2D eigenvalue weighted by molar-refractivity contribution is 7.18. The Morgan fingerprint density at radius 3 is 2.50 bits per heavy atom. The number of carbonyl (C=O) groups excluding carboxylic acids is 3. The fraction of sp³-hybridized carbons (Fsp3) is 0.381. The van der Waals surface area contributed by atoms with Gasteiger partial charge in [-0.1, -0.05) is 0 Å². The first-order valence-corrected chi connectivity index (χ1v) is 10.8. The third kappa shape index (κ3) is 4.57. The number of nitrogens with one attached hydrogen (secondary N) is 1. The van der Waals surface area contributed by atoms with Crippen LogP contribution in [0.1, 0.15) is 55.7 Å². The number of rotatable bonds is 7. The standard InChI is InChI=1S/C21H23N3O7S/c1-4-31-20(26)16-12(2)17(21(27)30-3)32-19(16)22-18(25)13-7-8-14(15(11-13)24(28)29)23-9-5-6-10-23/h7-8,11H,4-6,9-10H2,1-3H3,(H,22,25). The molecule has 0 unspecified atom stereocenters. The van der Waals surface area contributed by atoms with E-state index >= 15 is 0 Å². The van der Waals surface area contributed by atoms with Gasteiger partial charge in [0.25, 0.3) is 11.6 Å².